The van der Waals surface area contributed by atoms with E-state index < -0.39 is 17.8 Å². The van der Waals surface area contributed by atoms with Crippen LogP contribution in [0.2, 0.25) is 0 Å². The zero-order valence-electron chi connectivity index (χ0n) is 19.7. The molecule has 0 aliphatic heterocycles. The molecule has 3 N–H and O–H groups in total. The minimum absolute atomic E-state index is 0.374. The van der Waals surface area contributed by atoms with Gasteiger partial charge in [0.15, 0.2) is 0 Å². The Labute approximate surface area is 184 Å². The Bertz CT molecular complexity index is 683. The molecule has 3 fully saturated rings. The van der Waals surface area contributed by atoms with Crippen LogP contribution in [0.15, 0.2) is 35.5 Å². The maximum Gasteiger partial charge on any atom is 0.0811 e. The van der Waals surface area contributed by atoms with E-state index in [2.05, 4.69) is 32.6 Å². The second-order valence-electron chi connectivity index (χ2n) is 11.3. The van der Waals surface area contributed by atoms with Crippen LogP contribution in [0.5, 0.6) is 0 Å². The van der Waals surface area contributed by atoms with Crippen LogP contribution in [-0.2, 0) is 0 Å². The van der Waals surface area contributed by atoms with Crippen molar-refractivity contribution >= 4 is 0 Å². The fourth-order valence-electron chi connectivity index (χ4n) is 6.74. The smallest absolute Gasteiger partial charge is 0.0811 e. The topological polar surface area (TPSA) is 60.7 Å². The average Bonchev–Trinajstić information content (AvgIpc) is 3.00. The predicted molar refractivity (Wildman–Crippen MR) is 124 cm³/mol. The first kappa shape index (κ1) is 23.8. The van der Waals surface area contributed by atoms with Gasteiger partial charge in [-0.25, -0.2) is 0 Å². The van der Waals surface area contributed by atoms with E-state index in [0.29, 0.717) is 30.1 Å². The van der Waals surface area contributed by atoms with Gasteiger partial charge < -0.3 is 15.3 Å². The molecule has 0 aromatic rings. The van der Waals surface area contributed by atoms with Crippen LogP contribution in [0.3, 0.4) is 0 Å². The van der Waals surface area contributed by atoms with Crippen molar-refractivity contribution in [3.05, 3.63) is 35.5 Å². The molecule has 3 aliphatic carbocycles. The first-order chi connectivity index (χ1) is 14.0. The summed E-state index contributed by atoms with van der Waals surface area (Å²) in [6.45, 7) is 12.8. The van der Waals surface area contributed by atoms with E-state index in [-0.39, 0.29) is 0 Å². The summed E-state index contributed by atoms with van der Waals surface area (Å²) in [5, 5.41) is 30.2. The molecule has 0 aromatic carbocycles. The Hall–Kier alpha value is -0.900. The highest BCUT2D eigenvalue weighted by Crippen LogP contribution is 2.60. The van der Waals surface area contributed by atoms with Gasteiger partial charge in [-0.3, -0.25) is 0 Å². The maximum absolute atomic E-state index is 10.1. The van der Waals surface area contributed by atoms with Gasteiger partial charge in [0, 0.05) is 6.42 Å². The third-order valence-electron chi connectivity index (χ3n) is 8.44. The summed E-state index contributed by atoms with van der Waals surface area (Å²) < 4.78 is 0. The summed E-state index contributed by atoms with van der Waals surface area (Å²) in [5.41, 5.74) is 3.17. The second-order valence-corrected chi connectivity index (χ2v) is 11.3. The SMILES string of the molecule is C=C1/C(=C\C=C2CCC[C@@]3(C)C2CC[C@@H]3[C@H](C)CCCC(C)(C)O)C[C@@H](O)C[C@@H]1O. The van der Waals surface area contributed by atoms with Crippen molar-refractivity contribution in [3.63, 3.8) is 0 Å². The number of aliphatic hydroxyl groups excluding tert-OH is 2. The van der Waals surface area contributed by atoms with Crippen LogP contribution in [0.4, 0.5) is 0 Å². The highest BCUT2D eigenvalue weighted by atomic mass is 16.3. The molecule has 3 aliphatic rings. The molecule has 0 saturated heterocycles. The number of allylic oxidation sites excluding steroid dienone is 3. The molecule has 6 atom stereocenters. The summed E-state index contributed by atoms with van der Waals surface area (Å²) in [7, 11) is 0. The molecule has 3 nitrogen and oxygen atoms in total. The number of rotatable bonds is 6. The van der Waals surface area contributed by atoms with Gasteiger partial charge >= 0.3 is 0 Å². The summed E-state index contributed by atoms with van der Waals surface area (Å²) >= 11 is 0. The van der Waals surface area contributed by atoms with Crippen molar-refractivity contribution in [1.82, 2.24) is 0 Å². The first-order valence-electron chi connectivity index (χ1n) is 12.2. The molecule has 0 aromatic heterocycles. The molecule has 0 radical (unpaired) electrons. The van der Waals surface area contributed by atoms with Crippen LogP contribution >= 0.6 is 0 Å². The summed E-state index contributed by atoms with van der Waals surface area (Å²) in [6.07, 6.45) is 13.9. The zero-order valence-corrected chi connectivity index (χ0v) is 19.7. The van der Waals surface area contributed by atoms with Crippen molar-refractivity contribution in [2.45, 2.75) is 110 Å². The molecule has 1 unspecified atom stereocenters. The van der Waals surface area contributed by atoms with Crippen molar-refractivity contribution in [2.75, 3.05) is 0 Å². The molecular formula is C27H44O3. The fraction of sp³-hybridized carbons (Fsp3) is 0.778. The molecule has 0 spiro atoms. The average molecular weight is 417 g/mol. The van der Waals surface area contributed by atoms with Gasteiger partial charge in [-0.1, -0.05) is 51.0 Å². The van der Waals surface area contributed by atoms with E-state index in [1.54, 1.807) is 5.57 Å². The monoisotopic (exact) mass is 416 g/mol. The third-order valence-corrected chi connectivity index (χ3v) is 8.44. The summed E-state index contributed by atoms with van der Waals surface area (Å²) in [4.78, 5) is 0. The van der Waals surface area contributed by atoms with Gasteiger partial charge in [-0.05, 0) is 93.1 Å². The molecule has 0 amide bonds. The van der Waals surface area contributed by atoms with Crippen LogP contribution in [0.25, 0.3) is 0 Å². The van der Waals surface area contributed by atoms with Crippen molar-refractivity contribution in [3.8, 4) is 0 Å². The first-order valence-corrected chi connectivity index (χ1v) is 12.2. The lowest BCUT2D eigenvalue weighted by Crippen LogP contribution is -2.36. The molecule has 0 bridgehead atoms. The molecule has 3 rings (SSSR count). The van der Waals surface area contributed by atoms with E-state index in [9.17, 15) is 15.3 Å². The molecule has 3 saturated carbocycles. The normalized spacial score (nSPS) is 38.8. The third kappa shape index (κ3) is 5.29. The van der Waals surface area contributed by atoms with Crippen LogP contribution < -0.4 is 0 Å². The minimum Gasteiger partial charge on any atom is -0.393 e. The van der Waals surface area contributed by atoms with Crippen molar-refractivity contribution < 1.29 is 15.3 Å². The largest absolute Gasteiger partial charge is 0.393 e. The minimum atomic E-state index is -0.615. The second kappa shape index (κ2) is 9.30. The molecule has 0 heterocycles. The molecule has 3 heteroatoms. The van der Waals surface area contributed by atoms with E-state index in [0.717, 1.165) is 29.9 Å². The fourth-order valence-corrected chi connectivity index (χ4v) is 6.74. The summed E-state index contributed by atoms with van der Waals surface area (Å²) in [5.74, 6) is 2.11. The lowest BCUT2D eigenvalue weighted by atomic mass is 9.60. The van der Waals surface area contributed by atoms with E-state index in [1.165, 1.54) is 38.5 Å². The molecular weight excluding hydrogens is 372 g/mol. The Balaban J connectivity index is 1.70. The van der Waals surface area contributed by atoms with Gasteiger partial charge in [-0.2, -0.15) is 0 Å². The summed E-state index contributed by atoms with van der Waals surface area (Å²) in [6, 6.07) is 0. The van der Waals surface area contributed by atoms with Gasteiger partial charge in [0.1, 0.15) is 0 Å². The van der Waals surface area contributed by atoms with E-state index in [4.69, 9.17) is 0 Å². The van der Waals surface area contributed by atoms with E-state index >= 15 is 0 Å². The zero-order chi connectivity index (χ0) is 22.1. The van der Waals surface area contributed by atoms with E-state index in [1.807, 2.05) is 13.8 Å². The predicted octanol–water partition coefficient (Wildman–Crippen LogP) is 5.70. The maximum atomic E-state index is 10.1. The molecule has 30 heavy (non-hydrogen) atoms. The molecule has 170 valence electrons. The van der Waals surface area contributed by atoms with Crippen LogP contribution in [0.1, 0.15) is 91.9 Å². The number of aliphatic hydroxyl groups is 3. The highest BCUT2D eigenvalue weighted by molar-refractivity contribution is 5.38. The van der Waals surface area contributed by atoms with Gasteiger partial charge in [-0.15, -0.1) is 0 Å². The standard InChI is InChI=1S/C27H44O3/c1-18(8-6-14-26(3,4)30)23-12-13-24-20(9-7-15-27(23,24)5)10-11-21-16-22(28)17-25(29)19(21)2/h10-11,18,22-25,28-30H,2,6-9,12-17H2,1,3-5H3/b20-10?,21-11-/t18-,22-,23-,24?,25+,27-/m1/s1. The quantitative estimate of drug-likeness (QED) is 0.520. The number of hydrogen-bond donors (Lipinski definition) is 3. The van der Waals surface area contributed by atoms with Gasteiger partial charge in [0.25, 0.3) is 0 Å². The lowest BCUT2D eigenvalue weighted by Gasteiger charge is -2.44. The Morgan fingerprint density at radius 2 is 1.97 bits per heavy atom. The van der Waals surface area contributed by atoms with Crippen molar-refractivity contribution in [1.29, 1.82) is 0 Å². The van der Waals surface area contributed by atoms with Gasteiger partial charge in [0.05, 0.1) is 17.8 Å². The lowest BCUT2D eigenvalue weighted by molar-refractivity contribution is 0.0596. The van der Waals surface area contributed by atoms with Crippen LogP contribution in [-0.4, -0.2) is 33.1 Å². The Morgan fingerprint density at radius 3 is 2.67 bits per heavy atom. The van der Waals surface area contributed by atoms with Gasteiger partial charge in [0.2, 0.25) is 0 Å². The Kier molecular flexibility index (Phi) is 7.37. The Morgan fingerprint density at radius 1 is 1.23 bits per heavy atom. The van der Waals surface area contributed by atoms with Crippen molar-refractivity contribution in [2.24, 2.45) is 23.2 Å². The highest BCUT2D eigenvalue weighted by Gasteiger charge is 2.50. The van der Waals surface area contributed by atoms with Crippen LogP contribution in [0, 0.1) is 23.2 Å². The number of hydrogen-bond acceptors (Lipinski definition) is 3. The number of fused-ring (bicyclic) bond motifs is 1.